The van der Waals surface area contributed by atoms with Gasteiger partial charge in [0.05, 0.1) is 14.2 Å². The summed E-state index contributed by atoms with van der Waals surface area (Å²) in [6.45, 7) is -0.0521. The lowest BCUT2D eigenvalue weighted by molar-refractivity contribution is -0.138. The van der Waals surface area contributed by atoms with Gasteiger partial charge in [0.1, 0.15) is 23.7 Å². The Morgan fingerprint density at radius 3 is 2.67 bits per heavy atom. The van der Waals surface area contributed by atoms with Gasteiger partial charge in [0, 0.05) is 34.7 Å². The predicted octanol–water partition coefficient (Wildman–Crippen LogP) is 3.57. The Morgan fingerprint density at radius 1 is 1.07 bits per heavy atom. The van der Waals surface area contributed by atoms with E-state index in [9.17, 15) is 9.59 Å². The Kier molecular flexibility index (Phi) is 5.56. The molecule has 0 fully saturated rings. The first-order chi connectivity index (χ1) is 13.1. The van der Waals surface area contributed by atoms with Crippen LogP contribution in [-0.2, 0) is 16.1 Å². The summed E-state index contributed by atoms with van der Waals surface area (Å²) in [6.07, 6.45) is 2.93. The number of benzene rings is 2. The van der Waals surface area contributed by atoms with Gasteiger partial charge in [-0.05, 0) is 24.3 Å². The molecule has 0 aliphatic heterocycles. The number of esters is 1. The van der Waals surface area contributed by atoms with E-state index in [0.29, 0.717) is 28.0 Å². The monoisotopic (exact) mass is 366 g/mol. The second-order valence-electron chi connectivity index (χ2n) is 5.64. The zero-order valence-corrected chi connectivity index (χ0v) is 14.9. The van der Waals surface area contributed by atoms with Crippen molar-refractivity contribution < 1.29 is 23.4 Å². The number of hydrogen-bond donors (Lipinski definition) is 0. The number of methoxy groups -OCH3 is 2. The van der Waals surface area contributed by atoms with E-state index in [1.54, 1.807) is 37.5 Å². The standard InChI is InChI=1S/C21H18O6/c1-24-16-8-9-17-15(11-21(23)27-19(17)12-16)13-26-20(22)10-7-14-5-3-4-6-18(14)25-2/h3-12H,13H2,1-2H3. The van der Waals surface area contributed by atoms with E-state index in [4.69, 9.17) is 18.6 Å². The molecule has 0 bridgehead atoms. The van der Waals surface area contributed by atoms with Crippen molar-refractivity contribution in [3.05, 3.63) is 76.2 Å². The number of hydrogen-bond acceptors (Lipinski definition) is 6. The Bertz CT molecular complexity index is 1050. The SMILES string of the molecule is COc1ccc2c(COC(=O)C=Cc3ccccc3OC)cc(=O)oc2c1. The number of para-hydroxylation sites is 1. The molecule has 0 aliphatic rings. The van der Waals surface area contributed by atoms with Crippen molar-refractivity contribution >= 4 is 23.0 Å². The molecule has 0 radical (unpaired) electrons. The highest BCUT2D eigenvalue weighted by Gasteiger charge is 2.09. The van der Waals surface area contributed by atoms with Crippen LogP contribution in [0.2, 0.25) is 0 Å². The first kappa shape index (κ1) is 18.3. The van der Waals surface area contributed by atoms with E-state index in [-0.39, 0.29) is 6.61 Å². The minimum absolute atomic E-state index is 0.0521. The number of fused-ring (bicyclic) bond motifs is 1. The fourth-order valence-corrected chi connectivity index (χ4v) is 2.62. The van der Waals surface area contributed by atoms with Crippen LogP contribution < -0.4 is 15.1 Å². The number of ether oxygens (including phenoxy) is 3. The minimum atomic E-state index is -0.532. The lowest BCUT2D eigenvalue weighted by Crippen LogP contribution is -2.05. The lowest BCUT2D eigenvalue weighted by atomic mass is 10.1. The average molecular weight is 366 g/mol. The third-order valence-electron chi connectivity index (χ3n) is 3.95. The zero-order chi connectivity index (χ0) is 19.2. The molecule has 3 rings (SSSR count). The molecule has 3 aromatic rings. The van der Waals surface area contributed by atoms with Crippen molar-refractivity contribution in [1.29, 1.82) is 0 Å². The van der Waals surface area contributed by atoms with E-state index in [0.717, 1.165) is 5.56 Å². The third kappa shape index (κ3) is 4.36. The number of rotatable bonds is 6. The van der Waals surface area contributed by atoms with Gasteiger partial charge in [0.15, 0.2) is 0 Å². The molecule has 27 heavy (non-hydrogen) atoms. The average Bonchev–Trinajstić information content (AvgIpc) is 2.69. The van der Waals surface area contributed by atoms with E-state index >= 15 is 0 Å². The van der Waals surface area contributed by atoms with Gasteiger partial charge in [-0.15, -0.1) is 0 Å². The Balaban J connectivity index is 1.75. The first-order valence-corrected chi connectivity index (χ1v) is 8.19. The van der Waals surface area contributed by atoms with Gasteiger partial charge >= 0.3 is 11.6 Å². The molecule has 6 nitrogen and oxygen atoms in total. The van der Waals surface area contributed by atoms with Crippen molar-refractivity contribution in [2.45, 2.75) is 6.61 Å². The summed E-state index contributed by atoms with van der Waals surface area (Å²) in [6, 6.07) is 13.7. The Morgan fingerprint density at radius 2 is 1.89 bits per heavy atom. The first-order valence-electron chi connectivity index (χ1n) is 8.19. The maximum absolute atomic E-state index is 12.0. The fraction of sp³-hybridized carbons (Fsp3) is 0.143. The van der Waals surface area contributed by atoms with E-state index in [1.807, 2.05) is 18.2 Å². The predicted molar refractivity (Wildman–Crippen MR) is 101 cm³/mol. The molecule has 0 saturated heterocycles. The molecule has 1 heterocycles. The van der Waals surface area contributed by atoms with Crippen LogP contribution in [0.4, 0.5) is 0 Å². The van der Waals surface area contributed by atoms with Crippen molar-refractivity contribution in [1.82, 2.24) is 0 Å². The van der Waals surface area contributed by atoms with Gasteiger partial charge < -0.3 is 18.6 Å². The minimum Gasteiger partial charge on any atom is -0.497 e. The molecule has 6 heteroatoms. The molecule has 2 aromatic carbocycles. The maximum atomic E-state index is 12.0. The molecule has 1 aromatic heterocycles. The Hall–Kier alpha value is -3.54. The topological polar surface area (TPSA) is 75.0 Å². The number of carbonyl (C=O) groups excluding carboxylic acids is 1. The van der Waals surface area contributed by atoms with Crippen LogP contribution in [0.1, 0.15) is 11.1 Å². The van der Waals surface area contributed by atoms with Crippen molar-refractivity contribution in [3.63, 3.8) is 0 Å². The third-order valence-corrected chi connectivity index (χ3v) is 3.95. The fourth-order valence-electron chi connectivity index (χ4n) is 2.62. The molecule has 0 atom stereocenters. The van der Waals surface area contributed by atoms with Gasteiger partial charge in [-0.25, -0.2) is 9.59 Å². The van der Waals surface area contributed by atoms with Gasteiger partial charge in [-0.3, -0.25) is 0 Å². The summed E-state index contributed by atoms with van der Waals surface area (Å²) in [5, 5.41) is 0.678. The van der Waals surface area contributed by atoms with Crippen LogP contribution >= 0.6 is 0 Å². The van der Waals surface area contributed by atoms with Crippen LogP contribution in [0.3, 0.4) is 0 Å². The largest absolute Gasteiger partial charge is 0.497 e. The summed E-state index contributed by atoms with van der Waals surface area (Å²) in [4.78, 5) is 23.8. The van der Waals surface area contributed by atoms with Crippen molar-refractivity contribution in [2.24, 2.45) is 0 Å². The second kappa shape index (κ2) is 8.23. The van der Waals surface area contributed by atoms with Gasteiger partial charge in [-0.2, -0.15) is 0 Å². The molecule has 0 spiro atoms. The highest BCUT2D eigenvalue weighted by molar-refractivity contribution is 5.88. The molecular formula is C21H18O6. The highest BCUT2D eigenvalue weighted by atomic mass is 16.5. The highest BCUT2D eigenvalue weighted by Crippen LogP contribution is 2.23. The summed E-state index contributed by atoms with van der Waals surface area (Å²) in [7, 11) is 3.09. The van der Waals surface area contributed by atoms with Crippen LogP contribution in [0.25, 0.3) is 17.0 Å². The summed E-state index contributed by atoms with van der Waals surface area (Å²) in [5.74, 6) is 0.692. The summed E-state index contributed by atoms with van der Waals surface area (Å²) in [5.41, 5.74) is 1.17. The van der Waals surface area contributed by atoms with Crippen LogP contribution in [0.15, 0.2) is 63.8 Å². The summed E-state index contributed by atoms with van der Waals surface area (Å²) >= 11 is 0. The maximum Gasteiger partial charge on any atom is 0.336 e. The van der Waals surface area contributed by atoms with Gasteiger partial charge in [0.25, 0.3) is 0 Å². The van der Waals surface area contributed by atoms with Crippen LogP contribution in [0, 0.1) is 0 Å². The second-order valence-corrected chi connectivity index (χ2v) is 5.64. The summed E-state index contributed by atoms with van der Waals surface area (Å²) < 4.78 is 20.8. The van der Waals surface area contributed by atoms with Crippen LogP contribution in [0.5, 0.6) is 11.5 Å². The van der Waals surface area contributed by atoms with Gasteiger partial charge in [0.2, 0.25) is 0 Å². The molecule has 138 valence electrons. The normalized spacial score (nSPS) is 10.9. The Labute approximate surface area is 155 Å². The molecular weight excluding hydrogens is 348 g/mol. The van der Waals surface area contributed by atoms with Crippen LogP contribution in [-0.4, -0.2) is 20.2 Å². The van der Waals surface area contributed by atoms with Crippen molar-refractivity contribution in [2.75, 3.05) is 14.2 Å². The van der Waals surface area contributed by atoms with E-state index in [1.165, 1.54) is 19.3 Å². The van der Waals surface area contributed by atoms with E-state index in [2.05, 4.69) is 0 Å². The quantitative estimate of drug-likeness (QED) is 0.377. The van der Waals surface area contributed by atoms with Crippen molar-refractivity contribution in [3.8, 4) is 11.5 Å². The molecule has 0 saturated carbocycles. The zero-order valence-electron chi connectivity index (χ0n) is 14.9. The lowest BCUT2D eigenvalue weighted by Gasteiger charge is -2.07. The molecule has 0 N–H and O–H groups in total. The van der Waals surface area contributed by atoms with Gasteiger partial charge in [-0.1, -0.05) is 18.2 Å². The smallest absolute Gasteiger partial charge is 0.336 e. The molecule has 0 aliphatic carbocycles. The molecule has 0 amide bonds. The number of carbonyl (C=O) groups is 1. The molecule has 0 unspecified atom stereocenters. The van der Waals surface area contributed by atoms with E-state index < -0.39 is 11.6 Å².